The largest absolute Gasteiger partial charge is 0.462 e. The molecule has 1 unspecified atom stereocenters. The van der Waals surface area contributed by atoms with E-state index in [1.54, 1.807) is 0 Å². The van der Waals surface area contributed by atoms with Crippen molar-refractivity contribution in [2.24, 2.45) is 0 Å². The minimum atomic E-state index is -0.237. The molecule has 1 amide bonds. The minimum absolute atomic E-state index is 0.0318. The topological polar surface area (TPSA) is 55.8 Å². The molecular weight excluding hydrogens is 222 g/mol. The van der Waals surface area contributed by atoms with Crippen LogP contribution in [-0.4, -0.2) is 41.8 Å². The highest BCUT2D eigenvalue weighted by Crippen LogP contribution is 2.37. The first-order chi connectivity index (χ1) is 8.11. The highest BCUT2D eigenvalue weighted by Gasteiger charge is 2.44. The third kappa shape index (κ3) is 2.53. The van der Waals surface area contributed by atoms with Gasteiger partial charge in [0.2, 0.25) is 0 Å². The molecule has 0 aliphatic carbocycles. The second-order valence-electron chi connectivity index (χ2n) is 4.69. The molecule has 2 aliphatic rings. The Morgan fingerprint density at radius 1 is 1.24 bits per heavy atom. The molecule has 17 heavy (non-hydrogen) atoms. The number of piperidine rings is 1. The maximum atomic E-state index is 11.8. The minimum Gasteiger partial charge on any atom is -0.462 e. The molecule has 0 aromatic heterocycles. The zero-order chi connectivity index (χ0) is 12.4. The molecule has 0 aromatic carbocycles. The van der Waals surface area contributed by atoms with Gasteiger partial charge in [-0.15, -0.1) is 0 Å². The van der Waals surface area contributed by atoms with Crippen LogP contribution in [0.3, 0.4) is 0 Å². The number of fused-ring (bicyclic) bond motifs is 2. The number of carbonyl (C=O) groups is 2. The molecule has 2 fully saturated rings. The zero-order valence-corrected chi connectivity index (χ0v) is 10.3. The Balaban J connectivity index is 1.97. The summed E-state index contributed by atoms with van der Waals surface area (Å²) in [7, 11) is 0. The number of amides is 1. The normalized spacial score (nSPS) is 31.2. The molecule has 5 nitrogen and oxygen atoms in total. The van der Waals surface area contributed by atoms with E-state index < -0.39 is 0 Å². The van der Waals surface area contributed by atoms with Crippen molar-refractivity contribution in [1.29, 1.82) is 0 Å². The van der Waals surface area contributed by atoms with Crippen LogP contribution in [0.25, 0.3) is 0 Å². The van der Waals surface area contributed by atoms with E-state index in [1.807, 2.05) is 11.8 Å². The van der Waals surface area contributed by atoms with E-state index in [-0.39, 0.29) is 30.3 Å². The molecule has 0 radical (unpaired) electrons. The van der Waals surface area contributed by atoms with E-state index in [9.17, 15) is 9.59 Å². The summed E-state index contributed by atoms with van der Waals surface area (Å²) in [6.07, 6.45) is 3.21. The van der Waals surface area contributed by atoms with Gasteiger partial charge in [-0.2, -0.15) is 0 Å². The van der Waals surface area contributed by atoms with Gasteiger partial charge in [-0.05, 0) is 19.8 Å². The molecule has 2 heterocycles. The van der Waals surface area contributed by atoms with Gasteiger partial charge in [-0.25, -0.2) is 4.79 Å². The van der Waals surface area contributed by atoms with E-state index in [2.05, 4.69) is 0 Å². The molecule has 2 aliphatic heterocycles. The lowest BCUT2D eigenvalue weighted by atomic mass is 10.0. The predicted octanol–water partition coefficient (Wildman–Crippen LogP) is 1.70. The van der Waals surface area contributed by atoms with Crippen molar-refractivity contribution in [2.45, 2.75) is 57.7 Å². The Labute approximate surface area is 101 Å². The van der Waals surface area contributed by atoms with Gasteiger partial charge in [-0.3, -0.25) is 4.79 Å². The summed E-state index contributed by atoms with van der Waals surface area (Å²) in [4.78, 5) is 24.6. The number of ether oxygens (including phenoxy) is 2. The predicted molar refractivity (Wildman–Crippen MR) is 60.5 cm³/mol. The van der Waals surface area contributed by atoms with E-state index >= 15 is 0 Å². The van der Waals surface area contributed by atoms with Crippen LogP contribution in [-0.2, 0) is 14.3 Å². The molecule has 0 saturated carbocycles. The zero-order valence-electron chi connectivity index (χ0n) is 10.3. The SMILES string of the molecule is CCOC(=O)N1[C@@H]2CC[C@H]1CC(OC(C)=O)C2. The molecular formula is C12H19NO4. The van der Waals surface area contributed by atoms with Crippen LogP contribution < -0.4 is 0 Å². The fraction of sp³-hybridized carbons (Fsp3) is 0.833. The van der Waals surface area contributed by atoms with Crippen molar-refractivity contribution in [1.82, 2.24) is 4.90 Å². The molecule has 0 N–H and O–H groups in total. The number of nitrogens with zero attached hydrogens (tertiary/aromatic N) is 1. The first kappa shape index (κ1) is 12.2. The van der Waals surface area contributed by atoms with Crippen LogP contribution in [0.4, 0.5) is 4.79 Å². The van der Waals surface area contributed by atoms with Crippen molar-refractivity contribution in [3.05, 3.63) is 0 Å². The van der Waals surface area contributed by atoms with Crippen LogP contribution in [0.1, 0.15) is 39.5 Å². The van der Waals surface area contributed by atoms with Gasteiger partial charge in [-0.1, -0.05) is 0 Å². The maximum Gasteiger partial charge on any atom is 0.410 e. The lowest BCUT2D eigenvalue weighted by Gasteiger charge is -2.37. The number of carbonyl (C=O) groups excluding carboxylic acids is 2. The summed E-state index contributed by atoms with van der Waals surface area (Å²) >= 11 is 0. The van der Waals surface area contributed by atoms with Crippen LogP contribution in [0.5, 0.6) is 0 Å². The van der Waals surface area contributed by atoms with E-state index in [0.717, 1.165) is 25.7 Å². The van der Waals surface area contributed by atoms with Crippen molar-refractivity contribution in [3.8, 4) is 0 Å². The molecule has 2 rings (SSSR count). The number of esters is 1. The number of rotatable bonds is 2. The second-order valence-corrected chi connectivity index (χ2v) is 4.69. The standard InChI is InChI=1S/C12H19NO4/c1-3-16-12(15)13-9-4-5-10(13)7-11(6-9)17-8(2)14/h9-11H,3-7H2,1-2H3/t9-,10+,11?. The van der Waals surface area contributed by atoms with E-state index in [0.29, 0.717) is 6.61 Å². The monoisotopic (exact) mass is 241 g/mol. The van der Waals surface area contributed by atoms with Gasteiger partial charge in [0.05, 0.1) is 6.61 Å². The van der Waals surface area contributed by atoms with Crippen molar-refractivity contribution in [3.63, 3.8) is 0 Å². The second kappa shape index (κ2) is 4.94. The van der Waals surface area contributed by atoms with Gasteiger partial charge in [0.15, 0.2) is 0 Å². The van der Waals surface area contributed by atoms with Gasteiger partial charge < -0.3 is 14.4 Å². The van der Waals surface area contributed by atoms with Gasteiger partial charge in [0.25, 0.3) is 0 Å². The Hall–Kier alpha value is -1.26. The molecule has 3 atom stereocenters. The third-order valence-electron chi connectivity index (χ3n) is 3.50. The van der Waals surface area contributed by atoms with Crippen molar-refractivity contribution < 1.29 is 19.1 Å². The average molecular weight is 241 g/mol. The maximum absolute atomic E-state index is 11.8. The Kier molecular flexibility index (Phi) is 3.54. The van der Waals surface area contributed by atoms with Crippen molar-refractivity contribution >= 4 is 12.1 Å². The molecule has 0 spiro atoms. The molecule has 0 aromatic rings. The fourth-order valence-electron chi connectivity index (χ4n) is 2.95. The molecule has 96 valence electrons. The molecule has 5 heteroatoms. The van der Waals surface area contributed by atoms with Gasteiger partial charge in [0, 0.05) is 31.8 Å². The molecule has 2 saturated heterocycles. The quantitative estimate of drug-likeness (QED) is 0.690. The first-order valence-electron chi connectivity index (χ1n) is 6.24. The van der Waals surface area contributed by atoms with E-state index in [4.69, 9.17) is 9.47 Å². The lowest BCUT2D eigenvalue weighted by Crippen LogP contribution is -2.49. The highest BCUT2D eigenvalue weighted by molar-refractivity contribution is 5.69. The van der Waals surface area contributed by atoms with Gasteiger partial charge >= 0.3 is 12.1 Å². The summed E-state index contributed by atoms with van der Waals surface area (Å²) in [5, 5.41) is 0. The van der Waals surface area contributed by atoms with Crippen LogP contribution >= 0.6 is 0 Å². The number of hydrogen-bond acceptors (Lipinski definition) is 4. The first-order valence-corrected chi connectivity index (χ1v) is 6.24. The highest BCUT2D eigenvalue weighted by atomic mass is 16.6. The Bertz CT molecular complexity index is 304. The summed E-state index contributed by atoms with van der Waals surface area (Å²) in [5.41, 5.74) is 0. The lowest BCUT2D eigenvalue weighted by molar-refractivity contribution is -0.149. The average Bonchev–Trinajstić information content (AvgIpc) is 2.50. The fourth-order valence-corrected chi connectivity index (χ4v) is 2.95. The number of hydrogen-bond donors (Lipinski definition) is 0. The van der Waals surface area contributed by atoms with Gasteiger partial charge in [0.1, 0.15) is 6.10 Å². The summed E-state index contributed by atoms with van der Waals surface area (Å²) in [6.45, 7) is 3.65. The van der Waals surface area contributed by atoms with Crippen molar-refractivity contribution in [2.75, 3.05) is 6.61 Å². The Morgan fingerprint density at radius 3 is 2.29 bits per heavy atom. The smallest absolute Gasteiger partial charge is 0.410 e. The summed E-state index contributed by atoms with van der Waals surface area (Å²) in [5.74, 6) is -0.237. The summed E-state index contributed by atoms with van der Waals surface area (Å²) in [6, 6.07) is 0.356. The Morgan fingerprint density at radius 2 is 1.82 bits per heavy atom. The van der Waals surface area contributed by atoms with Crippen LogP contribution in [0, 0.1) is 0 Å². The van der Waals surface area contributed by atoms with Crippen LogP contribution in [0.2, 0.25) is 0 Å². The van der Waals surface area contributed by atoms with Crippen LogP contribution in [0.15, 0.2) is 0 Å². The van der Waals surface area contributed by atoms with E-state index in [1.165, 1.54) is 6.92 Å². The summed E-state index contributed by atoms with van der Waals surface area (Å²) < 4.78 is 10.3. The third-order valence-corrected chi connectivity index (χ3v) is 3.50. The molecule has 2 bridgehead atoms.